The lowest BCUT2D eigenvalue weighted by molar-refractivity contribution is 0.592. The highest BCUT2D eigenvalue weighted by atomic mass is 32.2. The summed E-state index contributed by atoms with van der Waals surface area (Å²) in [7, 11) is -3.85. The minimum Gasteiger partial charge on any atom is -0.281 e. The van der Waals surface area contributed by atoms with Gasteiger partial charge in [-0.3, -0.25) is 9.82 Å². The van der Waals surface area contributed by atoms with Gasteiger partial charge < -0.3 is 0 Å². The van der Waals surface area contributed by atoms with Gasteiger partial charge in [0.2, 0.25) is 0 Å². The van der Waals surface area contributed by atoms with E-state index >= 15 is 0 Å². The molecule has 0 radical (unpaired) electrons. The van der Waals surface area contributed by atoms with E-state index in [1.807, 2.05) is 0 Å². The van der Waals surface area contributed by atoms with Crippen LogP contribution >= 0.6 is 0 Å². The summed E-state index contributed by atoms with van der Waals surface area (Å²) >= 11 is 0. The van der Waals surface area contributed by atoms with E-state index in [1.165, 1.54) is 23.2 Å². The number of aromatic nitrogens is 6. The molecule has 0 saturated carbocycles. The monoisotopic (exact) mass is 279 g/mol. The quantitative estimate of drug-likeness (QED) is 0.694. The number of rotatable bonds is 3. The molecule has 0 aliphatic rings. The highest BCUT2D eigenvalue weighted by molar-refractivity contribution is 7.92. The molecule has 19 heavy (non-hydrogen) atoms. The van der Waals surface area contributed by atoms with Crippen molar-refractivity contribution in [2.45, 2.75) is 12.1 Å². The Kier molecular flexibility index (Phi) is 2.45. The SMILES string of the molecule is Cc1[nH]ncc1NS(=O)(=O)c1nc2ccncn2n1. The smallest absolute Gasteiger partial charge is 0.281 e. The van der Waals surface area contributed by atoms with Crippen molar-refractivity contribution in [1.82, 2.24) is 29.8 Å². The Labute approximate surface area is 107 Å². The van der Waals surface area contributed by atoms with Crippen molar-refractivity contribution in [3.63, 3.8) is 0 Å². The van der Waals surface area contributed by atoms with Gasteiger partial charge >= 0.3 is 0 Å². The number of aromatic amines is 1. The van der Waals surface area contributed by atoms with Crippen molar-refractivity contribution >= 4 is 21.4 Å². The number of aryl methyl sites for hydroxylation is 1. The summed E-state index contributed by atoms with van der Waals surface area (Å²) < 4.78 is 27.9. The van der Waals surface area contributed by atoms with Crippen LogP contribution in [0, 0.1) is 6.92 Å². The summed E-state index contributed by atoms with van der Waals surface area (Å²) in [6, 6.07) is 1.56. The Balaban J connectivity index is 2.02. The summed E-state index contributed by atoms with van der Waals surface area (Å²) in [4.78, 5) is 7.75. The Morgan fingerprint density at radius 3 is 2.95 bits per heavy atom. The second-order valence-electron chi connectivity index (χ2n) is 3.79. The molecule has 0 saturated heterocycles. The van der Waals surface area contributed by atoms with Crippen LogP contribution in [-0.2, 0) is 10.0 Å². The third kappa shape index (κ3) is 2.01. The van der Waals surface area contributed by atoms with Gasteiger partial charge in [0.1, 0.15) is 6.33 Å². The van der Waals surface area contributed by atoms with Crippen LogP contribution in [0.4, 0.5) is 5.69 Å². The fraction of sp³-hybridized carbons (Fsp3) is 0.111. The van der Waals surface area contributed by atoms with Crippen molar-refractivity contribution in [2.24, 2.45) is 0 Å². The largest absolute Gasteiger partial charge is 0.299 e. The van der Waals surface area contributed by atoms with Crippen molar-refractivity contribution in [2.75, 3.05) is 4.72 Å². The van der Waals surface area contributed by atoms with E-state index in [2.05, 4.69) is 30.0 Å². The molecular formula is C9H9N7O2S. The normalized spacial score (nSPS) is 11.8. The van der Waals surface area contributed by atoms with E-state index in [0.717, 1.165) is 0 Å². The van der Waals surface area contributed by atoms with Gasteiger partial charge in [0.05, 0.1) is 17.6 Å². The molecular weight excluding hydrogens is 270 g/mol. The van der Waals surface area contributed by atoms with Crippen LogP contribution < -0.4 is 4.72 Å². The van der Waals surface area contributed by atoms with Gasteiger partial charge in [-0.1, -0.05) is 0 Å². The molecule has 3 aromatic heterocycles. The van der Waals surface area contributed by atoms with E-state index in [-0.39, 0.29) is 5.16 Å². The number of nitrogens with one attached hydrogen (secondary N) is 2. The van der Waals surface area contributed by atoms with E-state index in [9.17, 15) is 8.42 Å². The molecule has 0 aliphatic heterocycles. The van der Waals surface area contributed by atoms with Crippen LogP contribution in [-0.4, -0.2) is 38.2 Å². The maximum atomic E-state index is 12.1. The summed E-state index contributed by atoms with van der Waals surface area (Å²) in [6.45, 7) is 1.70. The minimum absolute atomic E-state index is 0.318. The first kappa shape index (κ1) is 11.6. The maximum absolute atomic E-state index is 12.1. The Morgan fingerprint density at radius 2 is 2.26 bits per heavy atom. The number of H-pyrrole nitrogens is 1. The van der Waals surface area contributed by atoms with Crippen LogP contribution in [0.2, 0.25) is 0 Å². The molecule has 10 heteroatoms. The van der Waals surface area contributed by atoms with Gasteiger partial charge in [-0.25, -0.2) is 9.50 Å². The van der Waals surface area contributed by atoms with Gasteiger partial charge in [0.25, 0.3) is 15.2 Å². The van der Waals surface area contributed by atoms with Crippen molar-refractivity contribution in [1.29, 1.82) is 0 Å². The molecule has 98 valence electrons. The number of nitrogens with zero attached hydrogens (tertiary/aromatic N) is 5. The maximum Gasteiger partial charge on any atom is 0.299 e. The van der Waals surface area contributed by atoms with Crippen LogP contribution in [0.3, 0.4) is 0 Å². The molecule has 0 amide bonds. The molecule has 9 nitrogen and oxygen atoms in total. The number of anilines is 1. The number of hydrogen-bond donors (Lipinski definition) is 2. The topological polar surface area (TPSA) is 118 Å². The van der Waals surface area contributed by atoms with Gasteiger partial charge in [-0.15, -0.1) is 5.10 Å². The molecule has 0 unspecified atom stereocenters. The molecule has 0 atom stereocenters. The van der Waals surface area contributed by atoms with Crippen LogP contribution in [0.25, 0.3) is 5.65 Å². The second-order valence-corrected chi connectivity index (χ2v) is 5.37. The first-order valence-corrected chi connectivity index (χ1v) is 6.74. The molecule has 0 spiro atoms. The molecule has 0 bridgehead atoms. The van der Waals surface area contributed by atoms with E-state index < -0.39 is 10.0 Å². The molecule has 3 rings (SSSR count). The summed E-state index contributed by atoms with van der Waals surface area (Å²) in [5, 5.41) is 9.91. The van der Waals surface area contributed by atoms with Crippen molar-refractivity contribution in [3.05, 3.63) is 30.5 Å². The van der Waals surface area contributed by atoms with Crippen molar-refractivity contribution < 1.29 is 8.42 Å². The van der Waals surface area contributed by atoms with E-state index in [1.54, 1.807) is 13.0 Å². The van der Waals surface area contributed by atoms with Crippen molar-refractivity contribution in [3.8, 4) is 0 Å². The zero-order chi connectivity index (χ0) is 13.5. The lowest BCUT2D eigenvalue weighted by Gasteiger charge is -2.02. The van der Waals surface area contributed by atoms with Gasteiger partial charge in [-0.05, 0) is 6.92 Å². The number of hydrogen-bond acceptors (Lipinski definition) is 6. The van der Waals surface area contributed by atoms with E-state index in [4.69, 9.17) is 0 Å². The predicted octanol–water partition coefficient (Wildman–Crippen LogP) is -0.0434. The molecule has 0 fully saturated rings. The molecule has 2 N–H and O–H groups in total. The number of fused-ring (bicyclic) bond motifs is 1. The average Bonchev–Trinajstić information content (AvgIpc) is 2.96. The highest BCUT2D eigenvalue weighted by Gasteiger charge is 2.21. The minimum atomic E-state index is -3.85. The highest BCUT2D eigenvalue weighted by Crippen LogP contribution is 2.15. The average molecular weight is 279 g/mol. The summed E-state index contributed by atoms with van der Waals surface area (Å²) in [5.41, 5.74) is 1.37. The number of sulfonamides is 1. The predicted molar refractivity (Wildman–Crippen MR) is 64.9 cm³/mol. The molecule has 3 aromatic rings. The fourth-order valence-electron chi connectivity index (χ4n) is 1.48. The second kappa shape index (κ2) is 4.02. The Morgan fingerprint density at radius 1 is 1.42 bits per heavy atom. The standard InChI is InChI=1S/C9H9N7O2S/c1-6-7(4-11-13-6)15-19(17,18)9-12-8-2-3-10-5-16(8)14-9/h2-5,15H,1H3,(H,11,13). The molecule has 0 aromatic carbocycles. The Bertz CT molecular complexity index is 802. The zero-order valence-corrected chi connectivity index (χ0v) is 10.6. The van der Waals surface area contributed by atoms with Gasteiger partial charge in [-0.2, -0.15) is 18.5 Å². The Hall–Kier alpha value is -2.49. The summed E-state index contributed by atoms with van der Waals surface area (Å²) in [5.74, 6) is 0. The first-order valence-electron chi connectivity index (χ1n) is 5.25. The lowest BCUT2D eigenvalue weighted by Crippen LogP contribution is -2.15. The van der Waals surface area contributed by atoms with E-state index in [0.29, 0.717) is 17.0 Å². The first-order chi connectivity index (χ1) is 9.06. The molecule has 0 aliphatic carbocycles. The third-order valence-electron chi connectivity index (χ3n) is 2.44. The zero-order valence-electron chi connectivity index (χ0n) is 9.77. The fourth-order valence-corrected chi connectivity index (χ4v) is 2.48. The third-order valence-corrected chi connectivity index (χ3v) is 3.58. The summed E-state index contributed by atoms with van der Waals surface area (Å²) in [6.07, 6.45) is 4.27. The van der Waals surface area contributed by atoms with Gasteiger partial charge in [0.15, 0.2) is 5.65 Å². The van der Waals surface area contributed by atoms with Crippen LogP contribution in [0.15, 0.2) is 29.9 Å². The van der Waals surface area contributed by atoms with Crippen LogP contribution in [0.5, 0.6) is 0 Å². The van der Waals surface area contributed by atoms with Crippen LogP contribution in [0.1, 0.15) is 5.69 Å². The lowest BCUT2D eigenvalue weighted by atomic mass is 10.4. The molecule has 3 heterocycles. The van der Waals surface area contributed by atoms with Gasteiger partial charge in [0, 0.05) is 12.3 Å².